The smallest absolute Gasteiger partial charge is 0.268 e. The monoisotopic (exact) mass is 437 g/mol. The lowest BCUT2D eigenvalue weighted by Crippen LogP contribution is -2.41. The Morgan fingerprint density at radius 1 is 0.839 bits per heavy atom. The highest BCUT2D eigenvalue weighted by atomic mass is 32.2. The van der Waals surface area contributed by atoms with Gasteiger partial charge in [-0.2, -0.15) is 0 Å². The van der Waals surface area contributed by atoms with Crippen LogP contribution in [0.4, 0.5) is 11.4 Å². The molecule has 0 saturated heterocycles. The normalized spacial score (nSPS) is 11.2. The highest BCUT2D eigenvalue weighted by molar-refractivity contribution is 7.89. The quantitative estimate of drug-likeness (QED) is 0.453. The SMILES string of the molecule is CCc1cccc(CC)c1Nc1ccccc1C(=O)NNS(=O)(=O)c1ccc(C)cc1. The van der Waals surface area contributed by atoms with Crippen molar-refractivity contribution in [2.75, 3.05) is 5.32 Å². The number of anilines is 2. The van der Waals surface area contributed by atoms with Gasteiger partial charge in [0.15, 0.2) is 0 Å². The Hall–Kier alpha value is -3.16. The summed E-state index contributed by atoms with van der Waals surface area (Å²) in [6.45, 7) is 6.03. The third-order valence-electron chi connectivity index (χ3n) is 5.06. The van der Waals surface area contributed by atoms with E-state index in [1.54, 1.807) is 30.3 Å². The number of rotatable bonds is 8. The molecule has 3 aromatic carbocycles. The molecule has 0 atom stereocenters. The minimum atomic E-state index is -3.88. The third-order valence-corrected chi connectivity index (χ3v) is 6.32. The summed E-state index contributed by atoms with van der Waals surface area (Å²) in [7, 11) is -3.88. The van der Waals surface area contributed by atoms with Crippen LogP contribution in [0.15, 0.2) is 71.6 Å². The Labute approximate surface area is 183 Å². The van der Waals surface area contributed by atoms with E-state index in [4.69, 9.17) is 0 Å². The predicted octanol–water partition coefficient (Wildman–Crippen LogP) is 4.49. The van der Waals surface area contributed by atoms with Crippen molar-refractivity contribution in [2.24, 2.45) is 0 Å². The largest absolute Gasteiger partial charge is 0.354 e. The summed E-state index contributed by atoms with van der Waals surface area (Å²) in [5, 5.41) is 3.39. The van der Waals surface area contributed by atoms with Gasteiger partial charge in [0.25, 0.3) is 15.9 Å². The molecule has 0 heterocycles. The highest BCUT2D eigenvalue weighted by Gasteiger charge is 2.18. The van der Waals surface area contributed by atoms with Crippen molar-refractivity contribution >= 4 is 27.3 Å². The zero-order chi connectivity index (χ0) is 22.4. The third kappa shape index (κ3) is 5.31. The summed E-state index contributed by atoms with van der Waals surface area (Å²) in [4.78, 5) is 15.1. The number of sulfonamides is 1. The van der Waals surface area contributed by atoms with Crippen LogP contribution in [-0.4, -0.2) is 14.3 Å². The Kier molecular flexibility index (Phi) is 7.09. The minimum absolute atomic E-state index is 0.0780. The van der Waals surface area contributed by atoms with Crippen LogP contribution in [0, 0.1) is 6.92 Å². The molecule has 0 spiro atoms. The number of hydrogen-bond acceptors (Lipinski definition) is 4. The molecule has 31 heavy (non-hydrogen) atoms. The van der Waals surface area contributed by atoms with E-state index in [9.17, 15) is 13.2 Å². The van der Waals surface area contributed by atoms with E-state index in [-0.39, 0.29) is 4.90 Å². The van der Waals surface area contributed by atoms with Gasteiger partial charge in [0, 0.05) is 5.69 Å². The van der Waals surface area contributed by atoms with E-state index in [1.807, 2.05) is 19.1 Å². The zero-order valence-corrected chi connectivity index (χ0v) is 18.7. The summed E-state index contributed by atoms with van der Waals surface area (Å²) in [5.41, 5.74) is 7.48. The second-order valence-electron chi connectivity index (χ2n) is 7.20. The van der Waals surface area contributed by atoms with Crippen LogP contribution in [0.25, 0.3) is 0 Å². The number of carbonyl (C=O) groups excluding carboxylic acids is 1. The first kappa shape index (κ1) is 22.5. The molecule has 0 aliphatic heterocycles. The van der Waals surface area contributed by atoms with Crippen LogP contribution in [0.3, 0.4) is 0 Å². The average molecular weight is 438 g/mol. The van der Waals surface area contributed by atoms with Crippen molar-refractivity contribution in [1.29, 1.82) is 0 Å². The fourth-order valence-corrected chi connectivity index (χ4v) is 4.12. The van der Waals surface area contributed by atoms with Gasteiger partial charge in [0.1, 0.15) is 0 Å². The first-order valence-corrected chi connectivity index (χ1v) is 11.7. The molecule has 3 rings (SSSR count). The zero-order valence-electron chi connectivity index (χ0n) is 17.9. The highest BCUT2D eigenvalue weighted by Crippen LogP contribution is 2.28. The van der Waals surface area contributed by atoms with Gasteiger partial charge in [-0.3, -0.25) is 10.2 Å². The summed E-state index contributed by atoms with van der Waals surface area (Å²) >= 11 is 0. The number of amides is 1. The fourth-order valence-electron chi connectivity index (χ4n) is 3.29. The Morgan fingerprint density at radius 2 is 1.45 bits per heavy atom. The van der Waals surface area contributed by atoms with Gasteiger partial charge < -0.3 is 5.32 Å². The second kappa shape index (κ2) is 9.76. The minimum Gasteiger partial charge on any atom is -0.354 e. The molecule has 0 bridgehead atoms. The van der Waals surface area contributed by atoms with Crippen LogP contribution in [0.1, 0.15) is 40.9 Å². The van der Waals surface area contributed by atoms with Crippen LogP contribution in [0.2, 0.25) is 0 Å². The molecule has 3 aromatic rings. The molecular formula is C24H27N3O3S. The van der Waals surface area contributed by atoms with Crippen molar-refractivity contribution in [1.82, 2.24) is 10.3 Å². The van der Waals surface area contributed by atoms with Gasteiger partial charge in [0.2, 0.25) is 0 Å². The molecule has 0 radical (unpaired) electrons. The number of benzene rings is 3. The molecule has 3 N–H and O–H groups in total. The Morgan fingerprint density at radius 3 is 2.06 bits per heavy atom. The maximum absolute atomic E-state index is 12.8. The number of aryl methyl sites for hydroxylation is 3. The number of hydrazine groups is 1. The fraction of sp³-hybridized carbons (Fsp3) is 0.208. The van der Waals surface area contributed by atoms with E-state index < -0.39 is 15.9 Å². The number of carbonyl (C=O) groups is 1. The van der Waals surface area contributed by atoms with Crippen molar-refractivity contribution in [3.05, 3.63) is 89.0 Å². The van der Waals surface area contributed by atoms with Gasteiger partial charge in [-0.05, 0) is 55.2 Å². The Bertz CT molecular complexity index is 1150. The second-order valence-corrected chi connectivity index (χ2v) is 8.88. The molecule has 0 unspecified atom stereocenters. The number of nitrogens with one attached hydrogen (secondary N) is 3. The standard InChI is InChI=1S/C24H27N3O3S/c1-4-18-9-8-10-19(5-2)23(18)25-22-12-7-6-11-21(22)24(28)26-27-31(29,30)20-15-13-17(3)14-16-20/h6-16,25,27H,4-5H2,1-3H3,(H,26,28). The van der Waals surface area contributed by atoms with Crippen LogP contribution < -0.4 is 15.6 Å². The molecular weight excluding hydrogens is 410 g/mol. The molecule has 162 valence electrons. The van der Waals surface area contributed by atoms with Crippen LogP contribution in [0.5, 0.6) is 0 Å². The lowest BCUT2D eigenvalue weighted by molar-refractivity contribution is 0.0946. The lowest BCUT2D eigenvalue weighted by atomic mass is 10.0. The molecule has 0 fully saturated rings. The summed E-state index contributed by atoms with van der Waals surface area (Å²) < 4.78 is 25.0. The molecule has 0 saturated carbocycles. The summed E-state index contributed by atoms with van der Waals surface area (Å²) in [6, 6.07) is 19.5. The number of para-hydroxylation sites is 2. The Balaban J connectivity index is 1.82. The van der Waals surface area contributed by atoms with E-state index in [2.05, 4.69) is 41.6 Å². The summed E-state index contributed by atoms with van der Waals surface area (Å²) in [5.74, 6) is -0.550. The first-order chi connectivity index (χ1) is 14.9. The van der Waals surface area contributed by atoms with E-state index >= 15 is 0 Å². The van der Waals surface area contributed by atoms with Gasteiger partial charge >= 0.3 is 0 Å². The molecule has 6 nitrogen and oxygen atoms in total. The van der Waals surface area contributed by atoms with Crippen molar-refractivity contribution < 1.29 is 13.2 Å². The molecule has 0 aromatic heterocycles. The summed E-state index contributed by atoms with van der Waals surface area (Å²) in [6.07, 6.45) is 1.70. The topological polar surface area (TPSA) is 87.3 Å². The van der Waals surface area contributed by atoms with Crippen molar-refractivity contribution in [3.8, 4) is 0 Å². The maximum atomic E-state index is 12.8. The molecule has 1 amide bonds. The van der Waals surface area contributed by atoms with E-state index in [0.717, 1.165) is 35.2 Å². The van der Waals surface area contributed by atoms with Gasteiger partial charge in [0.05, 0.1) is 16.1 Å². The van der Waals surface area contributed by atoms with Crippen molar-refractivity contribution in [2.45, 2.75) is 38.5 Å². The van der Waals surface area contributed by atoms with E-state index in [1.165, 1.54) is 12.1 Å². The first-order valence-electron chi connectivity index (χ1n) is 10.2. The predicted molar refractivity (Wildman–Crippen MR) is 124 cm³/mol. The van der Waals surface area contributed by atoms with Gasteiger partial charge in [-0.1, -0.05) is 61.9 Å². The van der Waals surface area contributed by atoms with Crippen molar-refractivity contribution in [3.63, 3.8) is 0 Å². The van der Waals surface area contributed by atoms with Gasteiger partial charge in [-0.15, -0.1) is 4.83 Å². The van der Waals surface area contributed by atoms with Crippen LogP contribution >= 0.6 is 0 Å². The van der Waals surface area contributed by atoms with E-state index in [0.29, 0.717) is 11.3 Å². The average Bonchev–Trinajstić information content (AvgIpc) is 2.78. The molecule has 7 heteroatoms. The maximum Gasteiger partial charge on any atom is 0.268 e. The van der Waals surface area contributed by atoms with Gasteiger partial charge in [-0.25, -0.2) is 8.42 Å². The number of hydrogen-bond donors (Lipinski definition) is 3. The molecule has 0 aliphatic carbocycles. The lowest BCUT2D eigenvalue weighted by Gasteiger charge is -2.18. The van der Waals surface area contributed by atoms with Crippen LogP contribution in [-0.2, 0) is 22.9 Å². The molecule has 0 aliphatic rings.